The van der Waals surface area contributed by atoms with E-state index in [4.69, 9.17) is 4.43 Å². The minimum Gasteiger partial charge on any atom is -0.542 e. The predicted octanol–water partition coefficient (Wildman–Crippen LogP) is 4.99. The lowest BCUT2D eigenvalue weighted by molar-refractivity contribution is 0.467. The van der Waals surface area contributed by atoms with Crippen molar-refractivity contribution < 1.29 is 9.53 Å². The number of phenolic OH excluding ortho intramolecular Hbond substituents is 1. The average Bonchev–Trinajstić information content (AvgIpc) is 2.37. The van der Waals surface area contributed by atoms with Crippen molar-refractivity contribution in [1.82, 2.24) is 0 Å². The number of benzene rings is 2. The highest BCUT2D eigenvalue weighted by molar-refractivity contribution is 6.49. The van der Waals surface area contributed by atoms with E-state index in [2.05, 4.69) is 33.9 Å². The van der Waals surface area contributed by atoms with Gasteiger partial charge in [0.1, 0.15) is 11.5 Å². The third-order valence-electron chi connectivity index (χ3n) is 3.31. The van der Waals surface area contributed by atoms with Gasteiger partial charge in [-0.1, -0.05) is 57.2 Å². The quantitative estimate of drug-likeness (QED) is 0.809. The van der Waals surface area contributed by atoms with Crippen LogP contribution in [0.2, 0.25) is 13.1 Å². The maximum Gasteiger partial charge on any atom is 0.274 e. The minimum atomic E-state index is -0.925. The molecule has 2 aromatic rings. The second-order valence-electron chi connectivity index (χ2n) is 6.46. The first kappa shape index (κ1) is 15.6. The number of rotatable bonds is 3. The van der Waals surface area contributed by atoms with E-state index in [0.717, 1.165) is 22.4 Å². The van der Waals surface area contributed by atoms with Gasteiger partial charge in [0, 0.05) is 0 Å². The van der Waals surface area contributed by atoms with Crippen molar-refractivity contribution in [3.05, 3.63) is 48.0 Å². The summed E-state index contributed by atoms with van der Waals surface area (Å²) >= 11 is 0. The third-order valence-corrected chi connectivity index (χ3v) is 3.92. The molecule has 0 bridgehead atoms. The Balaban J connectivity index is 2.73. The van der Waals surface area contributed by atoms with E-state index in [1.807, 2.05) is 36.4 Å². The van der Waals surface area contributed by atoms with Gasteiger partial charge in [-0.05, 0) is 35.7 Å². The van der Waals surface area contributed by atoms with Crippen LogP contribution < -0.4 is 4.43 Å². The van der Waals surface area contributed by atoms with Gasteiger partial charge in [-0.3, -0.25) is 0 Å². The Morgan fingerprint density at radius 2 is 1.57 bits per heavy atom. The van der Waals surface area contributed by atoms with Gasteiger partial charge in [0.25, 0.3) is 9.04 Å². The van der Waals surface area contributed by atoms with Crippen molar-refractivity contribution >= 4 is 9.04 Å². The van der Waals surface area contributed by atoms with Gasteiger partial charge in [-0.25, -0.2) is 0 Å². The van der Waals surface area contributed by atoms with Gasteiger partial charge in [-0.15, -0.1) is 0 Å². The molecule has 0 amide bonds. The summed E-state index contributed by atoms with van der Waals surface area (Å²) in [5.74, 6) is 1.10. The van der Waals surface area contributed by atoms with Crippen LogP contribution in [0.15, 0.2) is 42.5 Å². The molecule has 1 radical (unpaired) electrons. The summed E-state index contributed by atoms with van der Waals surface area (Å²) in [6.45, 7) is 10.7. The van der Waals surface area contributed by atoms with Crippen LogP contribution in [-0.4, -0.2) is 14.1 Å². The monoisotopic (exact) mass is 299 g/mol. The molecule has 0 aliphatic rings. The van der Waals surface area contributed by atoms with Crippen LogP contribution in [0.25, 0.3) is 11.1 Å². The zero-order valence-corrected chi connectivity index (χ0v) is 14.4. The summed E-state index contributed by atoms with van der Waals surface area (Å²) in [5.41, 5.74) is 2.88. The summed E-state index contributed by atoms with van der Waals surface area (Å²) < 4.78 is 6.18. The van der Waals surface area contributed by atoms with E-state index >= 15 is 0 Å². The SMILES string of the molecule is C[Si](C)Oc1c(C(C)(C)C)ccc(O)c1-c1ccccc1. The molecule has 21 heavy (non-hydrogen) atoms. The van der Waals surface area contributed by atoms with Crippen LogP contribution in [0.1, 0.15) is 26.3 Å². The Labute approximate surface area is 129 Å². The fourth-order valence-corrected chi connectivity index (χ4v) is 2.98. The largest absolute Gasteiger partial charge is 0.542 e. The highest BCUT2D eigenvalue weighted by atomic mass is 28.3. The van der Waals surface area contributed by atoms with Crippen LogP contribution >= 0.6 is 0 Å². The molecule has 111 valence electrons. The molecule has 0 unspecified atom stereocenters. The summed E-state index contributed by atoms with van der Waals surface area (Å²) in [4.78, 5) is 0. The molecule has 0 saturated carbocycles. The van der Waals surface area contributed by atoms with Crippen LogP contribution in [-0.2, 0) is 5.41 Å². The van der Waals surface area contributed by atoms with Crippen molar-refractivity contribution in [2.45, 2.75) is 39.3 Å². The van der Waals surface area contributed by atoms with E-state index in [1.54, 1.807) is 6.07 Å². The van der Waals surface area contributed by atoms with Gasteiger partial charge >= 0.3 is 0 Å². The van der Waals surface area contributed by atoms with Gasteiger partial charge in [-0.2, -0.15) is 0 Å². The summed E-state index contributed by atoms with van der Waals surface area (Å²) in [5, 5.41) is 10.4. The fourth-order valence-electron chi connectivity index (χ4n) is 2.36. The molecular formula is C18H23O2Si. The molecular weight excluding hydrogens is 276 g/mol. The molecule has 0 saturated heterocycles. The van der Waals surface area contributed by atoms with E-state index in [-0.39, 0.29) is 11.2 Å². The van der Waals surface area contributed by atoms with Gasteiger partial charge in [0.15, 0.2) is 0 Å². The Kier molecular flexibility index (Phi) is 4.42. The number of aromatic hydroxyl groups is 1. The Morgan fingerprint density at radius 1 is 0.952 bits per heavy atom. The first-order chi connectivity index (χ1) is 9.80. The molecule has 0 heterocycles. The van der Waals surface area contributed by atoms with E-state index in [0.29, 0.717) is 0 Å². The molecule has 0 aliphatic heterocycles. The Hall–Kier alpha value is -1.74. The zero-order valence-electron chi connectivity index (χ0n) is 13.4. The van der Waals surface area contributed by atoms with E-state index in [9.17, 15) is 5.11 Å². The lowest BCUT2D eigenvalue weighted by atomic mass is 9.84. The Morgan fingerprint density at radius 3 is 2.10 bits per heavy atom. The summed E-state index contributed by atoms with van der Waals surface area (Å²) in [6, 6.07) is 13.7. The molecule has 0 fully saturated rings. The van der Waals surface area contributed by atoms with Gasteiger partial charge < -0.3 is 9.53 Å². The molecule has 0 spiro atoms. The molecule has 2 rings (SSSR count). The third kappa shape index (κ3) is 3.48. The smallest absolute Gasteiger partial charge is 0.274 e. The van der Waals surface area contributed by atoms with Crippen LogP contribution in [0.4, 0.5) is 0 Å². The van der Waals surface area contributed by atoms with Gasteiger partial charge in [0.05, 0.1) is 5.56 Å². The second kappa shape index (κ2) is 5.94. The molecule has 0 aliphatic carbocycles. The standard InChI is InChI=1S/C18H23O2Si/c1-18(2,3)14-11-12-15(19)16(17(14)20-21(4)5)13-9-7-6-8-10-13/h6-12,19H,1-5H3. The number of hydrogen-bond donors (Lipinski definition) is 1. The lowest BCUT2D eigenvalue weighted by Gasteiger charge is -2.26. The van der Waals surface area contributed by atoms with Crippen LogP contribution in [0.3, 0.4) is 0 Å². The van der Waals surface area contributed by atoms with Crippen molar-refractivity contribution in [3.8, 4) is 22.6 Å². The molecule has 2 nitrogen and oxygen atoms in total. The summed E-state index contributed by atoms with van der Waals surface area (Å²) in [6.07, 6.45) is 0. The van der Waals surface area contributed by atoms with Crippen molar-refractivity contribution in [2.24, 2.45) is 0 Å². The maximum absolute atomic E-state index is 10.4. The van der Waals surface area contributed by atoms with E-state index < -0.39 is 9.04 Å². The maximum atomic E-state index is 10.4. The molecule has 0 aromatic heterocycles. The summed E-state index contributed by atoms with van der Waals surface area (Å²) in [7, 11) is -0.925. The number of phenols is 1. The average molecular weight is 299 g/mol. The number of hydrogen-bond acceptors (Lipinski definition) is 2. The van der Waals surface area contributed by atoms with Gasteiger partial charge in [0.2, 0.25) is 0 Å². The van der Waals surface area contributed by atoms with Crippen molar-refractivity contribution in [2.75, 3.05) is 0 Å². The van der Waals surface area contributed by atoms with Crippen molar-refractivity contribution in [3.63, 3.8) is 0 Å². The Bertz CT molecular complexity index is 613. The normalized spacial score (nSPS) is 11.7. The van der Waals surface area contributed by atoms with Crippen LogP contribution in [0, 0.1) is 0 Å². The minimum absolute atomic E-state index is 0.0378. The van der Waals surface area contributed by atoms with E-state index in [1.165, 1.54) is 0 Å². The highest BCUT2D eigenvalue weighted by Crippen LogP contribution is 2.44. The lowest BCUT2D eigenvalue weighted by Crippen LogP contribution is -2.19. The molecule has 3 heteroatoms. The molecule has 0 atom stereocenters. The first-order valence-corrected chi connectivity index (χ1v) is 9.61. The fraction of sp³-hybridized carbons (Fsp3) is 0.333. The second-order valence-corrected chi connectivity index (χ2v) is 8.48. The van der Waals surface area contributed by atoms with Crippen molar-refractivity contribution in [1.29, 1.82) is 0 Å². The molecule has 1 N–H and O–H groups in total. The topological polar surface area (TPSA) is 29.5 Å². The predicted molar refractivity (Wildman–Crippen MR) is 90.4 cm³/mol. The van der Waals surface area contributed by atoms with Crippen LogP contribution in [0.5, 0.6) is 11.5 Å². The first-order valence-electron chi connectivity index (χ1n) is 7.20. The molecule has 2 aromatic carbocycles. The zero-order chi connectivity index (χ0) is 15.6. The highest BCUT2D eigenvalue weighted by Gasteiger charge is 2.25.